The molecule has 13 heteroatoms. The molecular weight excluding hydrogens is 402 g/mol. The zero-order valence-corrected chi connectivity index (χ0v) is 16.8. The summed E-state index contributed by atoms with van der Waals surface area (Å²) in [6.45, 7) is 0.973. The summed E-state index contributed by atoms with van der Waals surface area (Å²) in [6.07, 6.45) is -0.431. The van der Waals surface area contributed by atoms with E-state index in [0.717, 1.165) is 0 Å². The first-order valence-electron chi connectivity index (χ1n) is 9.45. The number of nitrogens with two attached hydrogens (primary N) is 2. The van der Waals surface area contributed by atoms with Gasteiger partial charge in [-0.15, -0.1) is 0 Å². The average molecular weight is 433 g/mol. The number of carboxylic acids is 2. The van der Waals surface area contributed by atoms with E-state index >= 15 is 0 Å². The van der Waals surface area contributed by atoms with E-state index in [1.807, 2.05) is 5.32 Å². The van der Waals surface area contributed by atoms with Crippen molar-refractivity contribution in [2.45, 2.75) is 63.3 Å². The molecule has 0 aromatic carbocycles. The zero-order valence-electron chi connectivity index (χ0n) is 16.8. The minimum Gasteiger partial charge on any atom is -0.481 e. The highest BCUT2D eigenvalue weighted by Crippen LogP contribution is 2.02. The SMILES string of the molecule is CC(O)C(NC(=O)CNC(=O)C(CCC(=O)O)NC(=O)C(N)CCCCN)C(=O)O. The van der Waals surface area contributed by atoms with Crippen LogP contribution in [0, 0.1) is 0 Å². The molecule has 4 atom stereocenters. The van der Waals surface area contributed by atoms with E-state index in [1.165, 1.54) is 6.92 Å². The molecule has 0 bridgehead atoms. The Kier molecular flexibility index (Phi) is 12.9. The number of carbonyl (C=O) groups is 5. The Morgan fingerprint density at radius 2 is 1.60 bits per heavy atom. The first-order valence-corrected chi connectivity index (χ1v) is 9.45. The van der Waals surface area contributed by atoms with Gasteiger partial charge in [0, 0.05) is 6.42 Å². The topological polar surface area (TPSA) is 234 Å². The lowest BCUT2D eigenvalue weighted by atomic mass is 10.1. The molecule has 10 N–H and O–H groups in total. The van der Waals surface area contributed by atoms with Crippen molar-refractivity contribution in [1.82, 2.24) is 16.0 Å². The normalized spacial score (nSPS) is 14.7. The zero-order chi connectivity index (χ0) is 23.3. The fourth-order valence-electron chi connectivity index (χ4n) is 2.36. The van der Waals surface area contributed by atoms with Crippen LogP contribution in [0.4, 0.5) is 0 Å². The number of carbonyl (C=O) groups excluding carboxylic acids is 3. The Labute approximate surface area is 173 Å². The molecule has 0 rings (SSSR count). The first-order chi connectivity index (χ1) is 14.0. The highest BCUT2D eigenvalue weighted by atomic mass is 16.4. The number of hydrogen-bond acceptors (Lipinski definition) is 8. The molecule has 172 valence electrons. The Morgan fingerprint density at radius 1 is 0.967 bits per heavy atom. The lowest BCUT2D eigenvalue weighted by Crippen LogP contribution is -2.54. The minimum atomic E-state index is -1.57. The van der Waals surface area contributed by atoms with Gasteiger partial charge in [0.15, 0.2) is 6.04 Å². The van der Waals surface area contributed by atoms with E-state index in [9.17, 15) is 29.1 Å². The van der Waals surface area contributed by atoms with Crippen LogP contribution in [0.25, 0.3) is 0 Å². The molecule has 0 saturated carbocycles. The molecule has 0 aliphatic rings. The third-order valence-corrected chi connectivity index (χ3v) is 4.07. The highest BCUT2D eigenvalue weighted by molar-refractivity contribution is 5.92. The van der Waals surface area contributed by atoms with Gasteiger partial charge in [0.2, 0.25) is 17.7 Å². The molecule has 13 nitrogen and oxygen atoms in total. The van der Waals surface area contributed by atoms with Crippen molar-refractivity contribution in [2.24, 2.45) is 11.5 Å². The van der Waals surface area contributed by atoms with E-state index in [0.29, 0.717) is 25.8 Å². The number of amides is 3. The Bertz CT molecular complexity index is 613. The Hall–Kier alpha value is -2.77. The molecule has 0 heterocycles. The summed E-state index contributed by atoms with van der Waals surface area (Å²) in [7, 11) is 0. The molecule has 30 heavy (non-hydrogen) atoms. The number of unbranched alkanes of at least 4 members (excludes halogenated alkanes) is 1. The number of carboxylic acid groups (broad SMARTS) is 2. The van der Waals surface area contributed by atoms with Crippen LogP contribution in [0.1, 0.15) is 39.0 Å². The predicted octanol–water partition coefficient (Wildman–Crippen LogP) is -3.14. The molecule has 0 aromatic heterocycles. The van der Waals surface area contributed by atoms with Crippen LogP contribution in [0.3, 0.4) is 0 Å². The van der Waals surface area contributed by atoms with Gasteiger partial charge in [0.05, 0.1) is 18.7 Å². The molecule has 0 aliphatic carbocycles. The molecule has 3 amide bonds. The van der Waals surface area contributed by atoms with Crippen LogP contribution in [-0.2, 0) is 24.0 Å². The van der Waals surface area contributed by atoms with Crippen LogP contribution in [0.15, 0.2) is 0 Å². The molecule has 0 saturated heterocycles. The molecular formula is C17H31N5O8. The van der Waals surface area contributed by atoms with Crippen molar-refractivity contribution in [3.05, 3.63) is 0 Å². The van der Waals surface area contributed by atoms with Gasteiger partial charge < -0.3 is 42.7 Å². The third kappa shape index (κ3) is 11.3. The predicted molar refractivity (Wildman–Crippen MR) is 104 cm³/mol. The largest absolute Gasteiger partial charge is 0.481 e. The van der Waals surface area contributed by atoms with E-state index < -0.39 is 66.9 Å². The summed E-state index contributed by atoms with van der Waals surface area (Å²) >= 11 is 0. The summed E-state index contributed by atoms with van der Waals surface area (Å²) in [5.41, 5.74) is 11.1. The number of nitrogens with one attached hydrogen (secondary N) is 3. The second-order valence-corrected chi connectivity index (χ2v) is 6.73. The lowest BCUT2D eigenvalue weighted by Gasteiger charge is -2.21. The summed E-state index contributed by atoms with van der Waals surface area (Å²) in [5.74, 6) is -5.02. The molecule has 0 aliphatic heterocycles. The van der Waals surface area contributed by atoms with Crippen LogP contribution >= 0.6 is 0 Å². The number of aliphatic hydroxyl groups is 1. The smallest absolute Gasteiger partial charge is 0.328 e. The van der Waals surface area contributed by atoms with Crippen molar-refractivity contribution in [1.29, 1.82) is 0 Å². The van der Waals surface area contributed by atoms with Crippen molar-refractivity contribution in [3.8, 4) is 0 Å². The van der Waals surface area contributed by atoms with Gasteiger partial charge in [-0.05, 0) is 32.7 Å². The number of hydrogen-bond donors (Lipinski definition) is 8. The molecule has 0 radical (unpaired) electrons. The molecule has 0 aromatic rings. The van der Waals surface area contributed by atoms with E-state index in [-0.39, 0.29) is 6.42 Å². The number of aliphatic carboxylic acids is 2. The molecule has 4 unspecified atom stereocenters. The third-order valence-electron chi connectivity index (χ3n) is 4.07. The van der Waals surface area contributed by atoms with Crippen LogP contribution in [0.2, 0.25) is 0 Å². The highest BCUT2D eigenvalue weighted by Gasteiger charge is 2.27. The second kappa shape index (κ2) is 14.3. The fraction of sp³-hybridized carbons (Fsp3) is 0.706. The maximum atomic E-state index is 12.3. The first kappa shape index (κ1) is 27.2. The van der Waals surface area contributed by atoms with Crippen molar-refractivity contribution < 1.29 is 39.3 Å². The van der Waals surface area contributed by atoms with Gasteiger partial charge in [-0.3, -0.25) is 19.2 Å². The molecule has 0 spiro atoms. The van der Waals surface area contributed by atoms with Gasteiger partial charge in [0.1, 0.15) is 6.04 Å². The summed E-state index contributed by atoms with van der Waals surface area (Å²) in [6, 6.07) is -3.74. The van der Waals surface area contributed by atoms with Crippen LogP contribution < -0.4 is 27.4 Å². The number of aliphatic hydroxyl groups excluding tert-OH is 1. The second-order valence-electron chi connectivity index (χ2n) is 6.73. The van der Waals surface area contributed by atoms with Gasteiger partial charge in [-0.2, -0.15) is 0 Å². The maximum absolute atomic E-state index is 12.3. The standard InChI is InChI=1S/C17H31N5O8/c1-9(23)14(17(29)30)22-12(24)8-20-16(28)11(5-6-13(25)26)21-15(27)10(19)4-2-3-7-18/h9-11,14,23H,2-8,18-19H2,1H3,(H,20,28)(H,21,27)(H,22,24)(H,25,26)(H,29,30). The van der Waals surface area contributed by atoms with Crippen molar-refractivity contribution in [3.63, 3.8) is 0 Å². The Morgan fingerprint density at radius 3 is 2.10 bits per heavy atom. The van der Waals surface area contributed by atoms with Crippen LogP contribution in [0.5, 0.6) is 0 Å². The van der Waals surface area contributed by atoms with Gasteiger partial charge in [-0.1, -0.05) is 6.42 Å². The summed E-state index contributed by atoms with van der Waals surface area (Å²) in [5, 5.41) is 33.7. The monoisotopic (exact) mass is 433 g/mol. The molecule has 0 fully saturated rings. The van der Waals surface area contributed by atoms with Crippen molar-refractivity contribution >= 4 is 29.7 Å². The van der Waals surface area contributed by atoms with Gasteiger partial charge in [0.25, 0.3) is 0 Å². The average Bonchev–Trinajstić information content (AvgIpc) is 2.66. The maximum Gasteiger partial charge on any atom is 0.328 e. The van der Waals surface area contributed by atoms with Gasteiger partial charge in [-0.25, -0.2) is 4.79 Å². The number of rotatable bonds is 15. The lowest BCUT2D eigenvalue weighted by molar-refractivity contribution is -0.144. The minimum absolute atomic E-state index is 0.241. The summed E-state index contributed by atoms with van der Waals surface area (Å²) in [4.78, 5) is 58.1. The van der Waals surface area contributed by atoms with Gasteiger partial charge >= 0.3 is 11.9 Å². The fourth-order valence-corrected chi connectivity index (χ4v) is 2.36. The Balaban J connectivity index is 4.85. The van der Waals surface area contributed by atoms with Crippen molar-refractivity contribution in [2.75, 3.05) is 13.1 Å². The van der Waals surface area contributed by atoms with E-state index in [2.05, 4.69) is 10.6 Å². The quantitative estimate of drug-likeness (QED) is 0.121. The van der Waals surface area contributed by atoms with E-state index in [4.69, 9.17) is 21.7 Å². The summed E-state index contributed by atoms with van der Waals surface area (Å²) < 4.78 is 0. The van der Waals surface area contributed by atoms with Crippen LogP contribution in [-0.4, -0.2) is 82.3 Å². The van der Waals surface area contributed by atoms with E-state index in [1.54, 1.807) is 0 Å².